The van der Waals surface area contributed by atoms with E-state index in [2.05, 4.69) is 16.0 Å². The third-order valence-electron chi connectivity index (χ3n) is 3.89. The highest BCUT2D eigenvalue weighted by Crippen LogP contribution is 2.06. The van der Waals surface area contributed by atoms with Gasteiger partial charge in [0.1, 0.15) is 24.2 Å². The number of rotatable bonds is 13. The van der Waals surface area contributed by atoms with Gasteiger partial charge in [-0.15, -0.1) is 0 Å². The maximum atomic E-state index is 12.6. The summed E-state index contributed by atoms with van der Waals surface area (Å²) in [6, 6.07) is -5.34. The van der Waals surface area contributed by atoms with E-state index in [0.717, 1.165) is 0 Å². The van der Waals surface area contributed by atoms with E-state index in [9.17, 15) is 24.0 Å². The van der Waals surface area contributed by atoms with Gasteiger partial charge in [-0.25, -0.2) is 4.79 Å². The summed E-state index contributed by atoms with van der Waals surface area (Å²) in [5, 5.41) is 33.6. The molecule has 10 N–H and O–H groups in total. The van der Waals surface area contributed by atoms with Crippen LogP contribution in [0.2, 0.25) is 0 Å². The van der Waals surface area contributed by atoms with E-state index in [-0.39, 0.29) is 12.8 Å². The van der Waals surface area contributed by atoms with Crippen LogP contribution in [0.15, 0.2) is 0 Å². The predicted octanol–water partition coefficient (Wildman–Crippen LogP) is -4.24. The number of primary amides is 1. The highest BCUT2D eigenvalue weighted by atomic mass is 16.4. The molecule has 0 aliphatic rings. The summed E-state index contributed by atoms with van der Waals surface area (Å²) < 4.78 is 0. The molecule has 0 fully saturated rings. The monoisotopic (exact) mass is 419 g/mol. The molecular formula is C16H29N5O8. The first-order valence-electron chi connectivity index (χ1n) is 8.84. The van der Waals surface area contributed by atoms with Crippen LogP contribution in [-0.2, 0) is 24.0 Å². The summed E-state index contributed by atoms with van der Waals surface area (Å²) in [5.41, 5.74) is 10.5. The van der Waals surface area contributed by atoms with Crippen LogP contribution >= 0.6 is 0 Å². The van der Waals surface area contributed by atoms with Crippen molar-refractivity contribution in [2.45, 2.75) is 50.9 Å². The van der Waals surface area contributed by atoms with Gasteiger partial charge >= 0.3 is 5.97 Å². The Labute approximate surface area is 167 Å². The molecule has 4 atom stereocenters. The van der Waals surface area contributed by atoms with Crippen LogP contribution in [0.3, 0.4) is 0 Å². The van der Waals surface area contributed by atoms with Gasteiger partial charge in [0.2, 0.25) is 23.6 Å². The molecule has 0 heterocycles. The SMILES string of the molecule is CC(C)C(NC(=O)C(CCC(N)=O)NC(=O)C(N)CO)C(=O)NC(CO)C(=O)O. The molecule has 0 aromatic carbocycles. The summed E-state index contributed by atoms with van der Waals surface area (Å²) in [5.74, 6) is -5.22. The Morgan fingerprint density at radius 3 is 1.83 bits per heavy atom. The molecule has 0 radical (unpaired) electrons. The summed E-state index contributed by atoms with van der Waals surface area (Å²) in [4.78, 5) is 58.8. The van der Waals surface area contributed by atoms with Crippen molar-refractivity contribution >= 4 is 29.6 Å². The smallest absolute Gasteiger partial charge is 0.328 e. The molecule has 0 aromatic heterocycles. The van der Waals surface area contributed by atoms with Crippen LogP contribution in [0.1, 0.15) is 26.7 Å². The van der Waals surface area contributed by atoms with Crippen LogP contribution in [0.4, 0.5) is 0 Å². The minimum Gasteiger partial charge on any atom is -0.480 e. The average molecular weight is 419 g/mol. The van der Waals surface area contributed by atoms with Crippen molar-refractivity contribution in [3.05, 3.63) is 0 Å². The Balaban J connectivity index is 5.34. The van der Waals surface area contributed by atoms with Crippen molar-refractivity contribution in [3.8, 4) is 0 Å². The van der Waals surface area contributed by atoms with Crippen LogP contribution in [0, 0.1) is 5.92 Å². The zero-order valence-corrected chi connectivity index (χ0v) is 16.3. The lowest BCUT2D eigenvalue weighted by Gasteiger charge is -2.26. The van der Waals surface area contributed by atoms with Gasteiger partial charge in [0, 0.05) is 6.42 Å². The third kappa shape index (κ3) is 9.32. The maximum Gasteiger partial charge on any atom is 0.328 e. The third-order valence-corrected chi connectivity index (χ3v) is 3.89. The Morgan fingerprint density at radius 1 is 0.862 bits per heavy atom. The van der Waals surface area contributed by atoms with Crippen molar-refractivity contribution in [1.29, 1.82) is 0 Å². The largest absolute Gasteiger partial charge is 0.480 e. The number of carbonyl (C=O) groups excluding carboxylic acids is 4. The second kappa shape index (κ2) is 12.6. The minimum absolute atomic E-state index is 0.189. The first-order chi connectivity index (χ1) is 13.4. The molecule has 0 saturated carbocycles. The number of carboxylic acid groups (broad SMARTS) is 1. The molecular weight excluding hydrogens is 390 g/mol. The van der Waals surface area contributed by atoms with Crippen molar-refractivity contribution < 1.29 is 39.3 Å². The Morgan fingerprint density at radius 2 is 1.41 bits per heavy atom. The van der Waals surface area contributed by atoms with Crippen LogP contribution in [-0.4, -0.2) is 82.3 Å². The molecule has 166 valence electrons. The van der Waals surface area contributed by atoms with E-state index in [1.165, 1.54) is 0 Å². The fourth-order valence-corrected chi connectivity index (χ4v) is 2.15. The molecule has 13 heteroatoms. The van der Waals surface area contributed by atoms with E-state index >= 15 is 0 Å². The lowest BCUT2D eigenvalue weighted by Crippen LogP contribution is -2.59. The number of nitrogens with two attached hydrogens (primary N) is 2. The number of hydrogen-bond donors (Lipinski definition) is 8. The fourth-order valence-electron chi connectivity index (χ4n) is 2.15. The van der Waals surface area contributed by atoms with Crippen molar-refractivity contribution in [2.75, 3.05) is 13.2 Å². The molecule has 0 saturated heterocycles. The molecule has 0 aromatic rings. The lowest BCUT2D eigenvalue weighted by molar-refractivity contribution is -0.143. The number of nitrogens with one attached hydrogen (secondary N) is 3. The lowest BCUT2D eigenvalue weighted by atomic mass is 10.0. The molecule has 4 unspecified atom stereocenters. The van der Waals surface area contributed by atoms with E-state index in [0.29, 0.717) is 0 Å². The topological polar surface area (TPSA) is 234 Å². The van der Waals surface area contributed by atoms with Gasteiger partial charge < -0.3 is 42.7 Å². The van der Waals surface area contributed by atoms with Gasteiger partial charge in [-0.3, -0.25) is 19.2 Å². The first-order valence-corrected chi connectivity index (χ1v) is 8.84. The zero-order valence-electron chi connectivity index (χ0n) is 16.3. The highest BCUT2D eigenvalue weighted by Gasteiger charge is 2.31. The van der Waals surface area contributed by atoms with Gasteiger partial charge in [0.25, 0.3) is 0 Å². The molecule has 0 rings (SSSR count). The predicted molar refractivity (Wildman–Crippen MR) is 98.8 cm³/mol. The molecule has 0 spiro atoms. The molecule has 13 nitrogen and oxygen atoms in total. The summed E-state index contributed by atoms with van der Waals surface area (Å²) in [6.45, 7) is 1.64. The van der Waals surface area contributed by atoms with Gasteiger partial charge in [0.05, 0.1) is 13.2 Å². The van der Waals surface area contributed by atoms with E-state index < -0.39 is 72.9 Å². The maximum absolute atomic E-state index is 12.6. The van der Waals surface area contributed by atoms with E-state index in [1.54, 1.807) is 13.8 Å². The van der Waals surface area contributed by atoms with Crippen molar-refractivity contribution in [2.24, 2.45) is 17.4 Å². The van der Waals surface area contributed by atoms with Crippen molar-refractivity contribution in [1.82, 2.24) is 16.0 Å². The summed E-state index contributed by atoms with van der Waals surface area (Å²) in [7, 11) is 0. The fraction of sp³-hybridized carbons (Fsp3) is 0.688. The number of amides is 4. The highest BCUT2D eigenvalue weighted by molar-refractivity contribution is 5.94. The molecule has 0 aliphatic carbocycles. The molecule has 0 bridgehead atoms. The number of carboxylic acids is 1. The number of aliphatic hydroxyl groups excluding tert-OH is 2. The second-order valence-electron chi connectivity index (χ2n) is 6.67. The van der Waals surface area contributed by atoms with E-state index in [1.807, 2.05) is 0 Å². The Kier molecular flexibility index (Phi) is 11.4. The van der Waals surface area contributed by atoms with Gasteiger partial charge in [-0.1, -0.05) is 13.8 Å². The number of hydrogen-bond acceptors (Lipinski definition) is 8. The van der Waals surface area contributed by atoms with Gasteiger partial charge in [-0.2, -0.15) is 0 Å². The average Bonchev–Trinajstić information content (AvgIpc) is 2.65. The zero-order chi connectivity index (χ0) is 22.7. The quantitative estimate of drug-likeness (QED) is 0.144. The summed E-state index contributed by atoms with van der Waals surface area (Å²) in [6.07, 6.45) is -0.442. The van der Waals surface area contributed by atoms with Crippen LogP contribution in [0.25, 0.3) is 0 Å². The minimum atomic E-state index is -1.56. The first kappa shape index (κ1) is 26.2. The van der Waals surface area contributed by atoms with Crippen LogP contribution in [0.5, 0.6) is 0 Å². The number of carbonyl (C=O) groups is 5. The Hall–Kier alpha value is -2.77. The molecule has 29 heavy (non-hydrogen) atoms. The normalized spacial score (nSPS) is 15.0. The van der Waals surface area contributed by atoms with Gasteiger partial charge in [0.15, 0.2) is 0 Å². The van der Waals surface area contributed by atoms with Gasteiger partial charge in [-0.05, 0) is 12.3 Å². The summed E-state index contributed by atoms with van der Waals surface area (Å²) >= 11 is 0. The van der Waals surface area contributed by atoms with E-state index in [4.69, 9.17) is 26.8 Å². The number of aliphatic hydroxyl groups is 2. The standard InChI is InChI=1S/C16H29N5O8/c1-7(2)12(15(27)20-10(6-23)16(28)29)21-14(26)9(3-4-11(18)24)19-13(25)8(17)5-22/h7-10,12,22-23H,3-6,17H2,1-2H3,(H2,18,24)(H,19,25)(H,20,27)(H,21,26)(H,28,29). The Bertz CT molecular complexity index is 612. The molecule has 0 aliphatic heterocycles. The second-order valence-corrected chi connectivity index (χ2v) is 6.67. The van der Waals surface area contributed by atoms with Crippen molar-refractivity contribution in [3.63, 3.8) is 0 Å². The van der Waals surface area contributed by atoms with Crippen LogP contribution < -0.4 is 27.4 Å². The number of aliphatic carboxylic acids is 1. The molecule has 4 amide bonds.